The minimum absolute atomic E-state index is 0.520. The zero-order valence-corrected chi connectivity index (χ0v) is 16.6. The maximum atomic E-state index is 5.74. The molecule has 4 aliphatic heterocycles. The van der Waals surface area contributed by atoms with Crippen LogP contribution in [0.2, 0.25) is 0 Å². The molecule has 2 bridgehead atoms. The molecule has 2 aromatic rings. The average Bonchev–Trinajstić information content (AvgIpc) is 3.26. The normalized spacial score (nSPS) is 32.6. The first kappa shape index (κ1) is 17.3. The van der Waals surface area contributed by atoms with Crippen LogP contribution in [0.5, 0.6) is 5.75 Å². The summed E-state index contributed by atoms with van der Waals surface area (Å²) < 4.78 is 7.74. The van der Waals surface area contributed by atoms with E-state index in [1.807, 2.05) is 11.7 Å². The number of piperidine rings is 3. The molecule has 0 aliphatic carbocycles. The SMILES string of the molecule is COc1ccccc1[C@H]1CN(Cc2cnn(C)c2C)[C@H]2C3CCN(CC3)[C@@H]12. The number of aryl methyl sites for hydroxylation is 1. The maximum absolute atomic E-state index is 5.74. The summed E-state index contributed by atoms with van der Waals surface area (Å²) >= 11 is 0. The van der Waals surface area contributed by atoms with Crippen LogP contribution in [-0.4, -0.2) is 58.4 Å². The molecule has 5 nitrogen and oxygen atoms in total. The Hall–Kier alpha value is -1.85. The topological polar surface area (TPSA) is 33.5 Å². The van der Waals surface area contributed by atoms with Crippen molar-refractivity contribution in [2.45, 2.75) is 44.3 Å². The second-order valence-corrected chi connectivity index (χ2v) is 8.51. The van der Waals surface area contributed by atoms with Crippen LogP contribution in [0.3, 0.4) is 0 Å². The molecule has 1 aromatic carbocycles. The Morgan fingerprint density at radius 1 is 1.15 bits per heavy atom. The summed E-state index contributed by atoms with van der Waals surface area (Å²) in [5, 5.41) is 4.47. The molecule has 144 valence electrons. The maximum Gasteiger partial charge on any atom is 0.122 e. The van der Waals surface area contributed by atoms with Gasteiger partial charge in [-0.3, -0.25) is 14.5 Å². The van der Waals surface area contributed by atoms with Crippen LogP contribution in [0, 0.1) is 12.8 Å². The average molecular weight is 367 g/mol. The summed E-state index contributed by atoms with van der Waals surface area (Å²) in [5.74, 6) is 2.39. The summed E-state index contributed by atoms with van der Waals surface area (Å²) in [5.41, 5.74) is 4.04. The van der Waals surface area contributed by atoms with Crippen LogP contribution in [-0.2, 0) is 13.6 Å². The van der Waals surface area contributed by atoms with E-state index in [0.29, 0.717) is 18.0 Å². The van der Waals surface area contributed by atoms with Gasteiger partial charge in [-0.05, 0) is 44.8 Å². The molecule has 0 amide bonds. The van der Waals surface area contributed by atoms with Crippen LogP contribution < -0.4 is 4.74 Å². The van der Waals surface area contributed by atoms with E-state index in [4.69, 9.17) is 4.74 Å². The third-order valence-electron chi connectivity index (χ3n) is 7.34. The molecular formula is C22H30N4O. The highest BCUT2D eigenvalue weighted by Gasteiger charge is 2.53. The highest BCUT2D eigenvalue weighted by molar-refractivity contribution is 5.39. The zero-order valence-electron chi connectivity index (χ0n) is 16.6. The molecule has 0 N–H and O–H groups in total. The number of hydrogen-bond donors (Lipinski definition) is 0. The Labute approximate surface area is 161 Å². The number of likely N-dealkylation sites (tertiary alicyclic amines) is 1. The van der Waals surface area contributed by atoms with Gasteiger partial charge in [0, 0.05) is 55.0 Å². The van der Waals surface area contributed by atoms with Crippen molar-refractivity contribution >= 4 is 0 Å². The molecule has 4 aliphatic rings. The fourth-order valence-electron chi connectivity index (χ4n) is 5.89. The van der Waals surface area contributed by atoms with Crippen LogP contribution in [0.4, 0.5) is 0 Å². The lowest BCUT2D eigenvalue weighted by molar-refractivity contribution is -0.00884. The minimum Gasteiger partial charge on any atom is -0.496 e. The quantitative estimate of drug-likeness (QED) is 0.833. The molecule has 5 heteroatoms. The van der Waals surface area contributed by atoms with Gasteiger partial charge in [-0.15, -0.1) is 0 Å². The van der Waals surface area contributed by atoms with Crippen LogP contribution >= 0.6 is 0 Å². The van der Waals surface area contributed by atoms with E-state index in [1.165, 1.54) is 42.8 Å². The number of benzene rings is 1. The van der Waals surface area contributed by atoms with E-state index < -0.39 is 0 Å². The van der Waals surface area contributed by atoms with E-state index in [-0.39, 0.29) is 0 Å². The number of hydrogen-bond acceptors (Lipinski definition) is 4. The summed E-state index contributed by atoms with van der Waals surface area (Å²) in [6, 6.07) is 9.92. The van der Waals surface area contributed by atoms with Crippen LogP contribution in [0.25, 0.3) is 0 Å². The molecule has 5 heterocycles. The van der Waals surface area contributed by atoms with E-state index in [0.717, 1.165) is 24.8 Å². The first-order chi connectivity index (χ1) is 13.2. The van der Waals surface area contributed by atoms with Crippen molar-refractivity contribution in [2.75, 3.05) is 26.7 Å². The van der Waals surface area contributed by atoms with Gasteiger partial charge >= 0.3 is 0 Å². The lowest BCUT2D eigenvalue weighted by Crippen LogP contribution is -2.60. The number of para-hydroxylation sites is 1. The second kappa shape index (κ2) is 6.64. The Kier molecular flexibility index (Phi) is 4.25. The third-order valence-corrected chi connectivity index (χ3v) is 7.34. The molecule has 3 atom stereocenters. The number of fused-ring (bicyclic) bond motifs is 2. The number of aromatic nitrogens is 2. The third kappa shape index (κ3) is 2.71. The highest BCUT2D eigenvalue weighted by atomic mass is 16.5. The van der Waals surface area contributed by atoms with Crippen LogP contribution in [0.1, 0.15) is 35.6 Å². The van der Waals surface area contributed by atoms with E-state index in [2.05, 4.69) is 52.3 Å². The van der Waals surface area contributed by atoms with Gasteiger partial charge in [0.25, 0.3) is 0 Å². The molecule has 0 radical (unpaired) electrons. The van der Waals surface area contributed by atoms with Crippen molar-refractivity contribution in [3.8, 4) is 5.75 Å². The molecular weight excluding hydrogens is 336 g/mol. The van der Waals surface area contributed by atoms with Gasteiger partial charge in [0.1, 0.15) is 5.75 Å². The number of nitrogens with zero attached hydrogens (tertiary/aromatic N) is 4. The molecule has 0 spiro atoms. The molecule has 6 rings (SSSR count). The monoisotopic (exact) mass is 366 g/mol. The van der Waals surface area contributed by atoms with E-state index >= 15 is 0 Å². The Balaban J connectivity index is 1.51. The van der Waals surface area contributed by atoms with Crippen molar-refractivity contribution in [3.63, 3.8) is 0 Å². The van der Waals surface area contributed by atoms with Gasteiger partial charge in [-0.2, -0.15) is 5.10 Å². The second-order valence-electron chi connectivity index (χ2n) is 8.51. The largest absolute Gasteiger partial charge is 0.496 e. The molecule has 0 unspecified atom stereocenters. The van der Waals surface area contributed by atoms with Gasteiger partial charge in [-0.1, -0.05) is 18.2 Å². The Bertz CT molecular complexity index is 823. The number of ether oxygens (including phenoxy) is 1. The lowest BCUT2D eigenvalue weighted by atomic mass is 9.75. The smallest absolute Gasteiger partial charge is 0.122 e. The van der Waals surface area contributed by atoms with Crippen molar-refractivity contribution in [2.24, 2.45) is 13.0 Å². The van der Waals surface area contributed by atoms with E-state index in [1.54, 1.807) is 7.11 Å². The minimum atomic E-state index is 0.520. The lowest BCUT2D eigenvalue weighted by Gasteiger charge is -2.51. The van der Waals surface area contributed by atoms with Crippen molar-refractivity contribution in [3.05, 3.63) is 47.3 Å². The zero-order chi connectivity index (χ0) is 18.5. The number of rotatable bonds is 4. The number of methoxy groups -OCH3 is 1. The Morgan fingerprint density at radius 3 is 2.63 bits per heavy atom. The molecule has 27 heavy (non-hydrogen) atoms. The highest BCUT2D eigenvalue weighted by Crippen LogP contribution is 2.48. The predicted molar refractivity (Wildman–Crippen MR) is 106 cm³/mol. The first-order valence-electron chi connectivity index (χ1n) is 10.3. The first-order valence-corrected chi connectivity index (χ1v) is 10.3. The van der Waals surface area contributed by atoms with E-state index in [9.17, 15) is 0 Å². The van der Waals surface area contributed by atoms with Gasteiger partial charge in [0.15, 0.2) is 0 Å². The summed E-state index contributed by atoms with van der Waals surface area (Å²) in [6.07, 6.45) is 4.76. The molecule has 4 fully saturated rings. The molecule has 0 saturated carbocycles. The van der Waals surface area contributed by atoms with Crippen molar-refractivity contribution in [1.82, 2.24) is 19.6 Å². The van der Waals surface area contributed by atoms with Gasteiger partial charge in [0.2, 0.25) is 0 Å². The summed E-state index contributed by atoms with van der Waals surface area (Å²) in [6.45, 7) is 6.83. The van der Waals surface area contributed by atoms with Crippen molar-refractivity contribution < 1.29 is 4.74 Å². The van der Waals surface area contributed by atoms with Crippen LogP contribution in [0.15, 0.2) is 30.5 Å². The molecule has 4 saturated heterocycles. The standard InChI is InChI=1S/C22H30N4O/c1-15-17(12-23-24(15)2)13-26-14-19(18-6-4-5-7-20(18)27-3)22-21(26)16-8-10-25(22)11-9-16/h4-7,12,16,19,21-22H,8-11,13-14H2,1-3H3/t19-,21+,22+/m1/s1. The fraction of sp³-hybridized carbons (Fsp3) is 0.591. The predicted octanol–water partition coefficient (Wildman–Crippen LogP) is 2.80. The Morgan fingerprint density at radius 2 is 1.93 bits per heavy atom. The molecule has 1 aromatic heterocycles. The fourth-order valence-corrected chi connectivity index (χ4v) is 5.89. The van der Waals surface area contributed by atoms with Gasteiger partial charge < -0.3 is 4.74 Å². The van der Waals surface area contributed by atoms with Gasteiger partial charge in [-0.25, -0.2) is 0 Å². The van der Waals surface area contributed by atoms with Gasteiger partial charge in [0.05, 0.1) is 13.3 Å². The summed E-state index contributed by atoms with van der Waals surface area (Å²) in [7, 11) is 3.84. The van der Waals surface area contributed by atoms with Crippen molar-refractivity contribution in [1.29, 1.82) is 0 Å². The summed E-state index contributed by atoms with van der Waals surface area (Å²) in [4.78, 5) is 5.51.